The molecule has 1 aliphatic rings. The Kier molecular flexibility index (Phi) is 5.85. The van der Waals surface area contributed by atoms with Gasteiger partial charge in [0.05, 0.1) is 4.58 Å². The van der Waals surface area contributed by atoms with E-state index in [0.29, 0.717) is 16.7 Å². The van der Waals surface area contributed by atoms with Gasteiger partial charge in [-0.1, -0.05) is 24.3 Å². The predicted molar refractivity (Wildman–Crippen MR) is 101 cm³/mol. The molecule has 1 saturated heterocycles. The first-order valence-corrected chi connectivity index (χ1v) is 10.1. The molecule has 2 nitrogen and oxygen atoms in total. The van der Waals surface area contributed by atoms with Crippen LogP contribution in [-0.4, -0.2) is 29.4 Å². The second-order valence-corrected chi connectivity index (χ2v) is 8.56. The van der Waals surface area contributed by atoms with Gasteiger partial charge >= 0.3 is 0 Å². The maximum absolute atomic E-state index is 13.3. The maximum atomic E-state index is 13.3. The molecule has 1 amide bonds. The van der Waals surface area contributed by atoms with Crippen LogP contribution in [0.1, 0.15) is 32.5 Å². The van der Waals surface area contributed by atoms with Crippen LogP contribution in [0.4, 0.5) is 4.39 Å². The highest BCUT2D eigenvalue weighted by molar-refractivity contribution is 8.16. The molecule has 126 valence electrons. The minimum atomic E-state index is -0.278. The quantitative estimate of drug-likeness (QED) is 0.767. The summed E-state index contributed by atoms with van der Waals surface area (Å²) in [7, 11) is 1.74. The van der Waals surface area contributed by atoms with Crippen molar-refractivity contribution in [2.45, 2.75) is 17.5 Å². The van der Waals surface area contributed by atoms with Crippen LogP contribution in [0, 0.1) is 5.82 Å². The van der Waals surface area contributed by atoms with E-state index in [2.05, 4.69) is 12.1 Å². The van der Waals surface area contributed by atoms with Crippen LogP contribution >= 0.6 is 23.5 Å². The first-order valence-electron chi connectivity index (χ1n) is 7.96. The lowest BCUT2D eigenvalue weighted by Gasteiger charge is -2.22. The Hall–Kier alpha value is -1.46. The second kappa shape index (κ2) is 8.08. The van der Waals surface area contributed by atoms with Crippen LogP contribution in [0.3, 0.4) is 0 Å². The van der Waals surface area contributed by atoms with Crippen LogP contribution in [0.2, 0.25) is 0 Å². The minimum Gasteiger partial charge on any atom is -0.337 e. The van der Waals surface area contributed by atoms with E-state index in [9.17, 15) is 9.18 Å². The van der Waals surface area contributed by atoms with Crippen molar-refractivity contribution in [3.05, 3.63) is 71.0 Å². The van der Waals surface area contributed by atoms with Crippen molar-refractivity contribution in [2.75, 3.05) is 18.6 Å². The fraction of sp³-hybridized carbons (Fsp3) is 0.316. The van der Waals surface area contributed by atoms with E-state index in [4.69, 9.17) is 0 Å². The molecular weight excluding hydrogens is 341 g/mol. The highest BCUT2D eigenvalue weighted by atomic mass is 32.2. The Labute approximate surface area is 150 Å². The van der Waals surface area contributed by atoms with Crippen molar-refractivity contribution in [3.63, 3.8) is 0 Å². The van der Waals surface area contributed by atoms with Gasteiger partial charge in [-0.2, -0.15) is 0 Å². The first-order chi connectivity index (χ1) is 11.6. The molecule has 1 heterocycles. The lowest BCUT2D eigenvalue weighted by Crippen LogP contribution is -2.26. The molecule has 0 aromatic heterocycles. The minimum absolute atomic E-state index is 0.0465. The molecule has 24 heavy (non-hydrogen) atoms. The number of hydrogen-bond acceptors (Lipinski definition) is 3. The van der Waals surface area contributed by atoms with E-state index < -0.39 is 0 Å². The molecule has 0 radical (unpaired) electrons. The summed E-state index contributed by atoms with van der Waals surface area (Å²) in [6, 6.07) is 14.3. The summed E-state index contributed by atoms with van der Waals surface area (Å²) in [5.74, 6) is 2.08. The molecule has 0 saturated carbocycles. The number of thioether (sulfide) groups is 2. The zero-order chi connectivity index (χ0) is 16.9. The second-order valence-electron chi connectivity index (χ2n) is 5.84. The maximum Gasteiger partial charge on any atom is 0.253 e. The Balaban J connectivity index is 1.65. The summed E-state index contributed by atoms with van der Waals surface area (Å²) in [4.78, 5) is 14.2. The van der Waals surface area contributed by atoms with E-state index in [0.717, 1.165) is 5.56 Å². The van der Waals surface area contributed by atoms with Gasteiger partial charge in [0.1, 0.15) is 5.82 Å². The average molecular weight is 362 g/mol. The van der Waals surface area contributed by atoms with Crippen molar-refractivity contribution in [3.8, 4) is 0 Å². The molecular formula is C19H20FNOS2. The van der Waals surface area contributed by atoms with Crippen LogP contribution < -0.4 is 0 Å². The number of amides is 1. The van der Waals surface area contributed by atoms with Crippen LogP contribution in [0.15, 0.2) is 48.5 Å². The summed E-state index contributed by atoms with van der Waals surface area (Å²) < 4.78 is 13.7. The van der Waals surface area contributed by atoms with Gasteiger partial charge in [-0.25, -0.2) is 4.39 Å². The van der Waals surface area contributed by atoms with Crippen molar-refractivity contribution in [2.24, 2.45) is 0 Å². The van der Waals surface area contributed by atoms with Gasteiger partial charge < -0.3 is 4.90 Å². The lowest BCUT2D eigenvalue weighted by atomic mass is 10.1. The largest absolute Gasteiger partial charge is 0.337 e. The topological polar surface area (TPSA) is 20.3 Å². The number of rotatable bonds is 4. The molecule has 2 aromatic rings. The fourth-order valence-electron chi connectivity index (χ4n) is 2.66. The molecule has 0 N–H and O–H groups in total. The van der Waals surface area contributed by atoms with E-state index in [-0.39, 0.29) is 11.7 Å². The summed E-state index contributed by atoms with van der Waals surface area (Å²) in [6.45, 7) is 0.396. The molecule has 0 unspecified atom stereocenters. The SMILES string of the molecule is CN(Cc1cccc(F)c1)C(=O)c1ccc(C2SCCCS2)cc1. The molecule has 5 heteroatoms. The number of benzene rings is 2. The molecule has 0 bridgehead atoms. The van der Waals surface area contributed by atoms with Crippen LogP contribution in [-0.2, 0) is 6.54 Å². The molecule has 1 fully saturated rings. The lowest BCUT2D eigenvalue weighted by molar-refractivity contribution is 0.0785. The molecule has 0 atom stereocenters. The van der Waals surface area contributed by atoms with Gasteiger partial charge in [0, 0.05) is 19.2 Å². The van der Waals surface area contributed by atoms with E-state index in [1.165, 1.54) is 35.6 Å². The highest BCUT2D eigenvalue weighted by Gasteiger charge is 2.18. The molecule has 2 aromatic carbocycles. The third-order valence-corrected chi connectivity index (χ3v) is 6.93. The van der Waals surface area contributed by atoms with Crippen LogP contribution in [0.25, 0.3) is 0 Å². The number of carbonyl (C=O) groups is 1. The number of hydrogen-bond donors (Lipinski definition) is 0. The number of nitrogens with zero attached hydrogens (tertiary/aromatic N) is 1. The van der Waals surface area contributed by atoms with Crippen molar-refractivity contribution in [1.82, 2.24) is 4.90 Å². The summed E-state index contributed by atoms with van der Waals surface area (Å²) in [5.41, 5.74) is 2.73. The zero-order valence-corrected chi connectivity index (χ0v) is 15.2. The van der Waals surface area contributed by atoms with Crippen molar-refractivity contribution in [1.29, 1.82) is 0 Å². The Morgan fingerprint density at radius 3 is 2.54 bits per heavy atom. The van der Waals surface area contributed by atoms with Gasteiger partial charge in [-0.05, 0) is 53.3 Å². The Bertz CT molecular complexity index is 699. The van der Waals surface area contributed by atoms with E-state index in [1.807, 2.05) is 41.7 Å². The molecule has 0 aliphatic carbocycles. The summed E-state index contributed by atoms with van der Waals surface area (Å²) >= 11 is 3.94. The van der Waals surface area contributed by atoms with Crippen LogP contribution in [0.5, 0.6) is 0 Å². The zero-order valence-electron chi connectivity index (χ0n) is 13.6. The standard InChI is InChI=1S/C19H20FNOS2/c1-21(13-14-4-2-5-17(20)12-14)18(22)15-6-8-16(9-7-15)19-23-10-3-11-24-19/h2,4-9,12,19H,3,10-11,13H2,1H3. The van der Waals surface area contributed by atoms with Gasteiger partial charge in [-0.15, -0.1) is 23.5 Å². The van der Waals surface area contributed by atoms with E-state index >= 15 is 0 Å². The third-order valence-electron chi connectivity index (χ3n) is 3.91. The Morgan fingerprint density at radius 1 is 1.17 bits per heavy atom. The predicted octanol–water partition coefficient (Wildman–Crippen LogP) is 4.97. The smallest absolute Gasteiger partial charge is 0.253 e. The number of halogens is 1. The highest BCUT2D eigenvalue weighted by Crippen LogP contribution is 2.43. The first kappa shape index (κ1) is 17.4. The van der Waals surface area contributed by atoms with Gasteiger partial charge in [0.15, 0.2) is 0 Å². The van der Waals surface area contributed by atoms with Gasteiger partial charge in [0.25, 0.3) is 5.91 Å². The molecule has 1 aliphatic heterocycles. The van der Waals surface area contributed by atoms with Crippen molar-refractivity contribution >= 4 is 29.4 Å². The third kappa shape index (κ3) is 4.33. The van der Waals surface area contributed by atoms with Gasteiger partial charge in [0.2, 0.25) is 0 Å². The number of carbonyl (C=O) groups excluding carboxylic acids is 1. The fourth-order valence-corrected chi connectivity index (χ4v) is 5.56. The summed E-state index contributed by atoms with van der Waals surface area (Å²) in [5, 5.41) is 0. The normalized spacial score (nSPS) is 15.2. The molecule has 3 rings (SSSR count). The Morgan fingerprint density at radius 2 is 1.88 bits per heavy atom. The molecule has 0 spiro atoms. The van der Waals surface area contributed by atoms with Gasteiger partial charge in [-0.3, -0.25) is 4.79 Å². The van der Waals surface area contributed by atoms with E-state index in [1.54, 1.807) is 18.0 Å². The van der Waals surface area contributed by atoms with Crippen molar-refractivity contribution < 1.29 is 9.18 Å². The average Bonchev–Trinajstić information content (AvgIpc) is 2.62. The monoisotopic (exact) mass is 361 g/mol. The summed E-state index contributed by atoms with van der Waals surface area (Å²) in [6.07, 6.45) is 1.27.